The Morgan fingerprint density at radius 3 is 2.72 bits per heavy atom. The van der Waals surface area contributed by atoms with Crippen LogP contribution in [-0.2, 0) is 18.4 Å². The second-order valence-corrected chi connectivity index (χ2v) is 8.09. The number of hydrogen-bond acceptors (Lipinski definition) is 6. The number of nitrogens with zero attached hydrogens (tertiary/aromatic N) is 5. The minimum Gasteiger partial charge on any atom is -0.340 e. The van der Waals surface area contributed by atoms with Gasteiger partial charge in [-0.25, -0.2) is 0 Å². The monoisotopic (exact) mass is 393 g/mol. The number of amides is 1. The molecule has 0 aliphatic carbocycles. The normalized spacial score (nSPS) is 10.8. The molecule has 0 aromatic carbocycles. The molecule has 0 atom stereocenters. The van der Waals surface area contributed by atoms with E-state index < -0.39 is 0 Å². The van der Waals surface area contributed by atoms with Crippen molar-refractivity contribution < 1.29 is 4.79 Å². The van der Waals surface area contributed by atoms with Gasteiger partial charge < -0.3 is 9.47 Å². The van der Waals surface area contributed by atoms with E-state index in [-0.39, 0.29) is 5.91 Å². The summed E-state index contributed by atoms with van der Waals surface area (Å²) in [6, 6.07) is 7.54. The lowest BCUT2D eigenvalue weighted by Gasteiger charge is -2.15. The molecule has 0 saturated carbocycles. The van der Waals surface area contributed by atoms with E-state index in [1.165, 1.54) is 23.1 Å². The summed E-state index contributed by atoms with van der Waals surface area (Å²) in [5, 5.41) is 9.09. The van der Waals surface area contributed by atoms with Crippen LogP contribution < -0.4 is 0 Å². The fraction of sp³-hybridized carbons (Fsp3) is 0.250. The summed E-state index contributed by atoms with van der Waals surface area (Å²) in [5.74, 6) is 1.08. The lowest BCUT2D eigenvalue weighted by atomic mass is 10.2. The first-order valence-electron chi connectivity index (χ1n) is 7.45. The van der Waals surface area contributed by atoms with E-state index in [1.807, 2.05) is 35.9 Å². The third-order valence-electron chi connectivity index (χ3n) is 3.55. The first-order valence-corrected chi connectivity index (χ1v) is 9.63. The van der Waals surface area contributed by atoms with Gasteiger partial charge in [-0.15, -0.1) is 21.5 Å². The molecule has 0 fully saturated rings. The summed E-state index contributed by atoms with van der Waals surface area (Å²) in [6.07, 6.45) is 3.43. The number of carbonyl (C=O) groups excluding carboxylic acids is 1. The lowest BCUT2D eigenvalue weighted by molar-refractivity contribution is -0.127. The van der Waals surface area contributed by atoms with Crippen LogP contribution in [0.25, 0.3) is 11.4 Å². The Balaban J connectivity index is 1.60. The highest BCUT2D eigenvalue weighted by molar-refractivity contribution is 7.99. The minimum absolute atomic E-state index is 0.0305. The molecule has 1 amide bonds. The summed E-state index contributed by atoms with van der Waals surface area (Å²) >= 11 is 8.78. The van der Waals surface area contributed by atoms with Gasteiger partial charge in [0.05, 0.1) is 16.6 Å². The van der Waals surface area contributed by atoms with E-state index in [2.05, 4.69) is 15.2 Å². The standard InChI is InChI=1S/C16H16ClN5OS2/c1-21(9-12-3-4-13(17)25-12)14(23)10-24-16-20-19-15(22(16)2)11-5-7-18-8-6-11/h3-8H,9-10H2,1-2H3. The molecule has 3 rings (SSSR count). The van der Waals surface area contributed by atoms with Gasteiger partial charge in [-0.3, -0.25) is 9.78 Å². The number of hydrogen-bond donors (Lipinski definition) is 0. The Bertz CT molecular complexity index is 865. The zero-order valence-electron chi connectivity index (χ0n) is 13.7. The van der Waals surface area contributed by atoms with Crippen LogP contribution in [0.4, 0.5) is 0 Å². The molecule has 0 radical (unpaired) electrons. The Hall–Kier alpha value is -1.90. The minimum atomic E-state index is 0.0305. The van der Waals surface area contributed by atoms with Crippen molar-refractivity contribution >= 4 is 40.6 Å². The summed E-state index contributed by atoms with van der Waals surface area (Å²) in [4.78, 5) is 19.1. The first-order chi connectivity index (χ1) is 12.0. The number of thiophene rings is 1. The van der Waals surface area contributed by atoms with E-state index in [0.717, 1.165) is 20.6 Å². The smallest absolute Gasteiger partial charge is 0.233 e. The van der Waals surface area contributed by atoms with Gasteiger partial charge >= 0.3 is 0 Å². The van der Waals surface area contributed by atoms with Gasteiger partial charge in [0.25, 0.3) is 0 Å². The van der Waals surface area contributed by atoms with E-state index in [4.69, 9.17) is 11.6 Å². The Kier molecular flexibility index (Phi) is 5.72. The summed E-state index contributed by atoms with van der Waals surface area (Å²) in [7, 11) is 3.68. The van der Waals surface area contributed by atoms with Crippen molar-refractivity contribution in [3.63, 3.8) is 0 Å². The van der Waals surface area contributed by atoms with Gasteiger partial charge in [-0.1, -0.05) is 23.4 Å². The summed E-state index contributed by atoms with van der Waals surface area (Å²) in [5.41, 5.74) is 0.940. The number of aromatic nitrogens is 4. The highest BCUT2D eigenvalue weighted by atomic mass is 35.5. The molecule has 0 spiro atoms. The molecular formula is C16H16ClN5OS2. The average molecular weight is 394 g/mol. The number of halogens is 1. The predicted molar refractivity (Wildman–Crippen MR) is 101 cm³/mol. The maximum absolute atomic E-state index is 12.3. The largest absolute Gasteiger partial charge is 0.340 e. The van der Waals surface area contributed by atoms with E-state index in [9.17, 15) is 4.79 Å². The Labute approximate surface area is 158 Å². The van der Waals surface area contributed by atoms with Gasteiger partial charge in [0.2, 0.25) is 5.91 Å². The maximum Gasteiger partial charge on any atom is 0.233 e. The quantitative estimate of drug-likeness (QED) is 0.601. The Morgan fingerprint density at radius 2 is 2.04 bits per heavy atom. The zero-order chi connectivity index (χ0) is 17.8. The zero-order valence-corrected chi connectivity index (χ0v) is 16.1. The molecule has 3 heterocycles. The lowest BCUT2D eigenvalue weighted by Crippen LogP contribution is -2.27. The van der Waals surface area contributed by atoms with Gasteiger partial charge in [-0.05, 0) is 24.3 Å². The van der Waals surface area contributed by atoms with Gasteiger partial charge in [0.15, 0.2) is 11.0 Å². The SMILES string of the molecule is CN(Cc1ccc(Cl)s1)C(=O)CSc1nnc(-c2ccncc2)n1C. The molecule has 3 aromatic rings. The highest BCUT2D eigenvalue weighted by Crippen LogP contribution is 2.24. The molecule has 0 unspecified atom stereocenters. The number of carbonyl (C=O) groups is 1. The van der Waals surface area contributed by atoms with E-state index in [0.29, 0.717) is 17.5 Å². The van der Waals surface area contributed by atoms with Crippen LogP contribution in [0.1, 0.15) is 4.88 Å². The fourth-order valence-electron chi connectivity index (χ4n) is 2.19. The van der Waals surface area contributed by atoms with E-state index >= 15 is 0 Å². The molecular weight excluding hydrogens is 378 g/mol. The molecule has 25 heavy (non-hydrogen) atoms. The summed E-state index contributed by atoms with van der Waals surface area (Å²) in [6.45, 7) is 0.553. The maximum atomic E-state index is 12.3. The average Bonchev–Trinajstić information content (AvgIpc) is 3.19. The van der Waals surface area contributed by atoms with Crippen molar-refractivity contribution in [3.05, 3.63) is 45.9 Å². The van der Waals surface area contributed by atoms with Crippen molar-refractivity contribution in [2.45, 2.75) is 11.7 Å². The van der Waals surface area contributed by atoms with Crippen molar-refractivity contribution in [1.29, 1.82) is 0 Å². The topological polar surface area (TPSA) is 63.9 Å². The van der Waals surface area contributed by atoms with Crippen LogP contribution in [0.15, 0.2) is 41.8 Å². The van der Waals surface area contributed by atoms with Crippen molar-refractivity contribution in [3.8, 4) is 11.4 Å². The molecule has 9 heteroatoms. The van der Waals surface area contributed by atoms with Crippen LogP contribution >= 0.6 is 34.7 Å². The van der Waals surface area contributed by atoms with Crippen LogP contribution in [0.5, 0.6) is 0 Å². The van der Waals surface area contributed by atoms with Crippen LogP contribution in [-0.4, -0.2) is 43.4 Å². The first kappa shape index (κ1) is 17.9. The molecule has 0 saturated heterocycles. The van der Waals surface area contributed by atoms with Crippen LogP contribution in [0.2, 0.25) is 4.34 Å². The molecule has 0 bridgehead atoms. The van der Waals surface area contributed by atoms with Crippen LogP contribution in [0.3, 0.4) is 0 Å². The van der Waals surface area contributed by atoms with Gasteiger partial charge in [0, 0.05) is 36.9 Å². The second-order valence-electron chi connectivity index (χ2n) is 5.35. The molecule has 0 N–H and O–H groups in total. The fourth-order valence-corrected chi connectivity index (χ4v) is 4.18. The predicted octanol–water partition coefficient (Wildman–Crippen LogP) is 3.34. The molecule has 130 valence electrons. The van der Waals surface area contributed by atoms with Gasteiger partial charge in [-0.2, -0.15) is 0 Å². The Morgan fingerprint density at radius 1 is 1.28 bits per heavy atom. The third kappa shape index (κ3) is 4.39. The van der Waals surface area contributed by atoms with Gasteiger partial charge in [0.1, 0.15) is 0 Å². The molecule has 0 aliphatic heterocycles. The second kappa shape index (κ2) is 7.99. The molecule has 0 aliphatic rings. The van der Waals surface area contributed by atoms with E-state index in [1.54, 1.807) is 24.3 Å². The summed E-state index contributed by atoms with van der Waals surface area (Å²) < 4.78 is 2.61. The van der Waals surface area contributed by atoms with Crippen molar-refractivity contribution in [2.24, 2.45) is 7.05 Å². The molecule has 6 nitrogen and oxygen atoms in total. The van der Waals surface area contributed by atoms with Crippen LogP contribution in [0, 0.1) is 0 Å². The van der Waals surface area contributed by atoms with Crippen molar-refractivity contribution in [2.75, 3.05) is 12.8 Å². The molecule has 3 aromatic heterocycles. The van der Waals surface area contributed by atoms with Crippen molar-refractivity contribution in [1.82, 2.24) is 24.6 Å². The highest BCUT2D eigenvalue weighted by Gasteiger charge is 2.15. The third-order valence-corrected chi connectivity index (χ3v) is 5.77. The number of thioether (sulfide) groups is 1. The number of pyridine rings is 1. The number of rotatable bonds is 6.